The molecular formula is C4H12N2S2. The molecular weight excluding hydrogens is 140 g/mol. The van der Waals surface area contributed by atoms with Crippen LogP contribution in [0.15, 0.2) is 0 Å². The first-order chi connectivity index (χ1) is 3.66. The standard InChI is InChI=1S/C4H12N2S2/c1-4(2)3-6(5)8-7/h4,7H,3,5H2,1-2H3. The predicted octanol–water partition coefficient (Wildman–Crippen LogP) is 1.31. The van der Waals surface area contributed by atoms with Gasteiger partial charge in [-0.3, -0.25) is 5.84 Å². The molecule has 0 radical (unpaired) electrons. The third kappa shape index (κ3) is 4.77. The molecule has 0 aliphatic carbocycles. The monoisotopic (exact) mass is 152 g/mol. The van der Waals surface area contributed by atoms with E-state index in [4.69, 9.17) is 5.84 Å². The Morgan fingerprint density at radius 2 is 2.25 bits per heavy atom. The van der Waals surface area contributed by atoms with Gasteiger partial charge in [-0.25, -0.2) is 0 Å². The number of nitrogens with zero attached hydrogens (tertiary/aromatic N) is 1. The van der Waals surface area contributed by atoms with Gasteiger partial charge in [-0.2, -0.15) is 4.41 Å². The molecule has 2 nitrogen and oxygen atoms in total. The van der Waals surface area contributed by atoms with Gasteiger partial charge in [0, 0.05) is 17.5 Å². The average Bonchev–Trinajstić information content (AvgIpc) is 1.65. The van der Waals surface area contributed by atoms with Crippen molar-refractivity contribution in [2.24, 2.45) is 11.8 Å². The van der Waals surface area contributed by atoms with Gasteiger partial charge in [0.1, 0.15) is 0 Å². The lowest BCUT2D eigenvalue weighted by molar-refractivity contribution is 0.425. The van der Waals surface area contributed by atoms with Gasteiger partial charge in [0.25, 0.3) is 0 Å². The van der Waals surface area contributed by atoms with E-state index in [1.807, 2.05) is 0 Å². The molecule has 0 aromatic heterocycles. The Morgan fingerprint density at radius 3 is 2.38 bits per heavy atom. The van der Waals surface area contributed by atoms with Crippen LogP contribution in [-0.4, -0.2) is 11.0 Å². The minimum absolute atomic E-state index is 0.611. The summed E-state index contributed by atoms with van der Waals surface area (Å²) in [6.45, 7) is 5.11. The van der Waals surface area contributed by atoms with E-state index in [2.05, 4.69) is 25.5 Å². The minimum atomic E-state index is 0.611. The molecule has 0 bridgehead atoms. The van der Waals surface area contributed by atoms with Crippen LogP contribution in [0.2, 0.25) is 0 Å². The van der Waals surface area contributed by atoms with E-state index in [0.717, 1.165) is 6.54 Å². The normalized spacial score (nSPS) is 11.2. The van der Waals surface area contributed by atoms with Crippen molar-refractivity contribution in [1.82, 2.24) is 4.41 Å². The molecule has 0 aromatic carbocycles. The lowest BCUT2D eigenvalue weighted by atomic mass is 10.2. The molecule has 0 spiro atoms. The number of hydrogen-bond acceptors (Lipinski definition) is 4. The molecule has 8 heavy (non-hydrogen) atoms. The van der Waals surface area contributed by atoms with Gasteiger partial charge in [0.2, 0.25) is 0 Å². The molecule has 0 aliphatic rings. The number of nitrogens with two attached hydrogens (primary N) is 1. The Bertz CT molecular complexity index is 58.0. The van der Waals surface area contributed by atoms with Crippen LogP contribution in [0.25, 0.3) is 0 Å². The Hall–Kier alpha value is 0.620. The predicted molar refractivity (Wildman–Crippen MR) is 42.3 cm³/mol. The molecule has 0 unspecified atom stereocenters. The van der Waals surface area contributed by atoms with Crippen LogP contribution in [0.3, 0.4) is 0 Å². The number of hydrogen-bond donors (Lipinski definition) is 2. The summed E-state index contributed by atoms with van der Waals surface area (Å²) >= 11 is 3.91. The van der Waals surface area contributed by atoms with Crippen molar-refractivity contribution in [2.45, 2.75) is 13.8 Å². The Kier molecular flexibility index (Phi) is 4.84. The molecule has 0 aliphatic heterocycles. The highest BCUT2D eigenvalue weighted by Gasteiger charge is 1.98. The van der Waals surface area contributed by atoms with Gasteiger partial charge >= 0.3 is 0 Å². The molecule has 0 heterocycles. The second-order valence-electron chi connectivity index (χ2n) is 2.08. The Morgan fingerprint density at radius 1 is 1.75 bits per heavy atom. The lowest BCUT2D eigenvalue weighted by Gasteiger charge is -2.12. The van der Waals surface area contributed by atoms with E-state index >= 15 is 0 Å². The minimum Gasteiger partial charge on any atom is -0.258 e. The van der Waals surface area contributed by atoms with Crippen molar-refractivity contribution < 1.29 is 0 Å². The molecule has 2 N–H and O–H groups in total. The van der Waals surface area contributed by atoms with Crippen molar-refractivity contribution in [3.05, 3.63) is 0 Å². The first kappa shape index (κ1) is 8.62. The summed E-state index contributed by atoms with van der Waals surface area (Å²) in [6, 6.07) is 0. The Labute approximate surface area is 59.7 Å². The molecule has 50 valence electrons. The van der Waals surface area contributed by atoms with Crippen molar-refractivity contribution in [2.75, 3.05) is 6.54 Å². The van der Waals surface area contributed by atoms with E-state index in [1.165, 1.54) is 11.0 Å². The maximum atomic E-state index is 5.39. The summed E-state index contributed by atoms with van der Waals surface area (Å²) in [6.07, 6.45) is 0. The fourth-order valence-electron chi connectivity index (χ4n) is 0.393. The van der Waals surface area contributed by atoms with Gasteiger partial charge in [-0.15, -0.1) is 0 Å². The molecule has 0 atom stereocenters. The zero-order chi connectivity index (χ0) is 6.57. The van der Waals surface area contributed by atoms with Crippen LogP contribution in [-0.2, 0) is 0 Å². The largest absolute Gasteiger partial charge is 0.258 e. The first-order valence-corrected chi connectivity index (χ1v) is 4.33. The zero-order valence-corrected chi connectivity index (χ0v) is 6.88. The maximum absolute atomic E-state index is 5.39. The van der Waals surface area contributed by atoms with Gasteiger partial charge in [0.05, 0.1) is 0 Å². The van der Waals surface area contributed by atoms with E-state index in [9.17, 15) is 0 Å². The number of rotatable bonds is 3. The van der Waals surface area contributed by atoms with E-state index in [0.29, 0.717) is 5.92 Å². The van der Waals surface area contributed by atoms with Crippen molar-refractivity contribution in [1.29, 1.82) is 0 Å². The highest BCUT2D eigenvalue weighted by Crippen LogP contribution is 2.09. The van der Waals surface area contributed by atoms with E-state index in [1.54, 1.807) is 4.41 Å². The van der Waals surface area contributed by atoms with Crippen molar-refractivity contribution in [3.8, 4) is 0 Å². The lowest BCUT2D eigenvalue weighted by Crippen LogP contribution is -2.26. The highest BCUT2D eigenvalue weighted by molar-refractivity contribution is 8.67. The fourth-order valence-corrected chi connectivity index (χ4v) is 0.958. The highest BCUT2D eigenvalue weighted by atomic mass is 33.1. The zero-order valence-electron chi connectivity index (χ0n) is 5.16. The van der Waals surface area contributed by atoms with E-state index < -0.39 is 0 Å². The van der Waals surface area contributed by atoms with Crippen LogP contribution in [0, 0.1) is 5.92 Å². The maximum Gasteiger partial charge on any atom is 0.0274 e. The smallest absolute Gasteiger partial charge is 0.0274 e. The average molecular weight is 152 g/mol. The summed E-state index contributed by atoms with van der Waals surface area (Å²) in [5.41, 5.74) is 0. The molecule has 4 heteroatoms. The summed E-state index contributed by atoms with van der Waals surface area (Å²) in [5.74, 6) is 6.00. The van der Waals surface area contributed by atoms with Crippen LogP contribution in [0.5, 0.6) is 0 Å². The molecule has 0 aromatic rings. The second-order valence-corrected chi connectivity index (χ2v) is 3.20. The molecule has 0 rings (SSSR count). The number of hydrazine groups is 1. The van der Waals surface area contributed by atoms with Gasteiger partial charge in [-0.1, -0.05) is 25.5 Å². The summed E-state index contributed by atoms with van der Waals surface area (Å²) in [5, 5.41) is 0. The molecule has 0 amide bonds. The van der Waals surface area contributed by atoms with Gasteiger partial charge < -0.3 is 0 Å². The quantitative estimate of drug-likeness (QED) is 0.210. The van der Waals surface area contributed by atoms with Crippen LogP contribution in [0.4, 0.5) is 0 Å². The van der Waals surface area contributed by atoms with Crippen molar-refractivity contribution >= 4 is 22.6 Å². The SMILES string of the molecule is CC(C)CN(N)SS. The van der Waals surface area contributed by atoms with Crippen LogP contribution < -0.4 is 5.84 Å². The van der Waals surface area contributed by atoms with Crippen LogP contribution >= 0.6 is 22.6 Å². The summed E-state index contributed by atoms with van der Waals surface area (Å²) < 4.78 is 1.60. The Balaban J connectivity index is 3.10. The summed E-state index contributed by atoms with van der Waals surface area (Å²) in [4.78, 5) is 0. The topological polar surface area (TPSA) is 29.3 Å². The first-order valence-electron chi connectivity index (χ1n) is 2.50. The van der Waals surface area contributed by atoms with E-state index in [-0.39, 0.29) is 0 Å². The summed E-state index contributed by atoms with van der Waals surface area (Å²) in [7, 11) is 1.26. The van der Waals surface area contributed by atoms with Gasteiger partial charge in [0.15, 0.2) is 0 Å². The number of thiol groups is 1. The second kappa shape index (κ2) is 4.49. The fraction of sp³-hybridized carbons (Fsp3) is 1.00. The van der Waals surface area contributed by atoms with Gasteiger partial charge in [-0.05, 0) is 5.92 Å². The third-order valence-corrected chi connectivity index (χ3v) is 1.64. The van der Waals surface area contributed by atoms with Crippen LogP contribution in [0.1, 0.15) is 13.8 Å². The molecule has 0 saturated carbocycles. The third-order valence-electron chi connectivity index (χ3n) is 0.650. The molecule has 0 fully saturated rings. The molecule has 0 saturated heterocycles. The van der Waals surface area contributed by atoms with Crippen molar-refractivity contribution in [3.63, 3.8) is 0 Å².